The molecule has 0 aliphatic rings. The summed E-state index contributed by atoms with van der Waals surface area (Å²) < 4.78 is 67.3. The molecule has 9 heteroatoms. The van der Waals surface area contributed by atoms with Gasteiger partial charge in [-0.2, -0.15) is 0 Å². The number of hydrogen-bond acceptors (Lipinski definition) is 4. The molecule has 0 amide bonds. The van der Waals surface area contributed by atoms with Gasteiger partial charge in [0, 0.05) is 17.0 Å². The fraction of sp³-hybridized carbons (Fsp3) is 0.105. The molecule has 1 N–H and O–H groups in total. The van der Waals surface area contributed by atoms with Gasteiger partial charge >= 0.3 is 0 Å². The maximum atomic E-state index is 14.4. The molecular formula is C19H13ClF3NO3S. The molecule has 0 aliphatic carbocycles. The Morgan fingerprint density at radius 2 is 1.61 bits per heavy atom. The van der Waals surface area contributed by atoms with Gasteiger partial charge in [-0.25, -0.2) is 26.6 Å². The number of hydrogen-bond donors (Lipinski definition) is 1. The molecule has 0 bridgehead atoms. The van der Waals surface area contributed by atoms with Gasteiger partial charge in [0.1, 0.15) is 11.6 Å². The first-order valence-electron chi connectivity index (χ1n) is 7.96. The quantitative estimate of drug-likeness (QED) is 0.666. The van der Waals surface area contributed by atoms with Crippen LogP contribution in [0.5, 0.6) is 0 Å². The summed E-state index contributed by atoms with van der Waals surface area (Å²) in [6.07, 6.45) is -0.330. The highest BCUT2D eigenvalue weighted by molar-refractivity contribution is 7.91. The third kappa shape index (κ3) is 4.04. The maximum Gasteiger partial charge on any atom is 0.226 e. The summed E-state index contributed by atoms with van der Waals surface area (Å²) in [4.78, 5) is 3.60. The van der Waals surface area contributed by atoms with Crippen LogP contribution in [0.15, 0.2) is 58.5 Å². The Bertz CT molecular complexity index is 1140. The van der Waals surface area contributed by atoms with Gasteiger partial charge in [0.2, 0.25) is 9.84 Å². The van der Waals surface area contributed by atoms with Crippen molar-refractivity contribution in [1.82, 2.24) is 4.98 Å². The highest BCUT2D eigenvalue weighted by Crippen LogP contribution is 2.26. The van der Waals surface area contributed by atoms with Crippen LogP contribution in [0, 0.1) is 17.5 Å². The average molecular weight is 428 g/mol. The molecule has 3 aromatic rings. The number of benzene rings is 2. The smallest absolute Gasteiger partial charge is 0.226 e. The fourth-order valence-electron chi connectivity index (χ4n) is 2.61. The molecule has 0 unspecified atom stereocenters. The summed E-state index contributed by atoms with van der Waals surface area (Å²) in [6.45, 7) is -0.655. The third-order valence-corrected chi connectivity index (χ3v) is 5.97. The summed E-state index contributed by atoms with van der Waals surface area (Å²) in [5.74, 6) is -2.60. The lowest BCUT2D eigenvalue weighted by atomic mass is 10.0. The Hall–Kier alpha value is -2.42. The minimum absolute atomic E-state index is 0.0313. The van der Waals surface area contributed by atoms with Gasteiger partial charge in [-0.3, -0.25) is 0 Å². The molecule has 0 saturated carbocycles. The lowest BCUT2D eigenvalue weighted by Crippen LogP contribution is -2.12. The molecule has 0 spiro atoms. The molecule has 1 aromatic heterocycles. The number of sulfone groups is 1. The van der Waals surface area contributed by atoms with E-state index in [1.165, 1.54) is 24.3 Å². The van der Waals surface area contributed by atoms with Crippen molar-refractivity contribution >= 4 is 21.4 Å². The standard InChI is InChI=1S/C19H13ClF3NO3S/c20-13-1-4-15(5-2-13)28(26,27)19-17(23)8-12(10-25)18(24-19)9-11-7-14(21)3-6-16(11)22/h1-8,25H,9-10H2. The Kier molecular flexibility index (Phi) is 5.74. The van der Waals surface area contributed by atoms with E-state index in [4.69, 9.17) is 11.6 Å². The second-order valence-corrected chi connectivity index (χ2v) is 8.21. The van der Waals surface area contributed by atoms with Crippen LogP contribution in [-0.2, 0) is 22.9 Å². The second-order valence-electron chi connectivity index (χ2n) is 5.91. The Balaban J connectivity index is 2.12. The van der Waals surface area contributed by atoms with Gasteiger partial charge in [0.05, 0.1) is 17.2 Å². The number of nitrogens with zero attached hydrogens (tertiary/aromatic N) is 1. The topological polar surface area (TPSA) is 67.3 Å². The van der Waals surface area contributed by atoms with Crippen LogP contribution in [0.2, 0.25) is 5.02 Å². The SMILES string of the molecule is O=S(=O)(c1ccc(Cl)cc1)c1nc(Cc2cc(F)ccc2F)c(CO)cc1F. The van der Waals surface area contributed by atoms with Gasteiger partial charge in [-0.1, -0.05) is 11.6 Å². The predicted octanol–water partition coefficient (Wildman–Crippen LogP) is 4.07. The second kappa shape index (κ2) is 7.90. The van der Waals surface area contributed by atoms with E-state index in [0.29, 0.717) is 5.02 Å². The molecule has 4 nitrogen and oxygen atoms in total. The van der Waals surface area contributed by atoms with Crippen molar-refractivity contribution < 1.29 is 26.7 Å². The number of rotatable bonds is 5. The largest absolute Gasteiger partial charge is 0.392 e. The number of aromatic nitrogens is 1. The molecule has 0 fully saturated rings. The van der Waals surface area contributed by atoms with Crippen molar-refractivity contribution in [3.05, 3.63) is 87.8 Å². The van der Waals surface area contributed by atoms with E-state index in [0.717, 1.165) is 24.3 Å². The zero-order valence-corrected chi connectivity index (χ0v) is 15.7. The monoisotopic (exact) mass is 427 g/mol. The molecule has 28 heavy (non-hydrogen) atoms. The van der Waals surface area contributed by atoms with Crippen LogP contribution < -0.4 is 0 Å². The number of pyridine rings is 1. The highest BCUT2D eigenvalue weighted by atomic mass is 35.5. The van der Waals surface area contributed by atoms with Gasteiger partial charge in [0.15, 0.2) is 10.8 Å². The first kappa shape index (κ1) is 20.3. The van der Waals surface area contributed by atoms with Crippen LogP contribution in [0.4, 0.5) is 13.2 Å². The first-order valence-corrected chi connectivity index (χ1v) is 9.82. The summed E-state index contributed by atoms with van der Waals surface area (Å²) in [5, 5.41) is 8.87. The third-order valence-electron chi connectivity index (χ3n) is 4.03. The molecule has 3 rings (SSSR count). The van der Waals surface area contributed by atoms with E-state index < -0.39 is 38.9 Å². The highest BCUT2D eigenvalue weighted by Gasteiger charge is 2.26. The van der Waals surface area contributed by atoms with Crippen molar-refractivity contribution in [3.8, 4) is 0 Å². The Labute approximate surface area is 164 Å². The van der Waals surface area contributed by atoms with E-state index in [2.05, 4.69) is 4.98 Å². The molecule has 2 aromatic carbocycles. The number of aliphatic hydroxyl groups excluding tert-OH is 1. The van der Waals surface area contributed by atoms with Gasteiger partial charge in [0.25, 0.3) is 0 Å². The van der Waals surface area contributed by atoms with Crippen LogP contribution in [0.25, 0.3) is 0 Å². The minimum atomic E-state index is -4.34. The Morgan fingerprint density at radius 3 is 2.25 bits per heavy atom. The molecule has 0 atom stereocenters. The van der Waals surface area contributed by atoms with E-state index >= 15 is 0 Å². The number of aliphatic hydroxyl groups is 1. The lowest BCUT2D eigenvalue weighted by molar-refractivity contribution is 0.279. The predicted molar refractivity (Wildman–Crippen MR) is 96.2 cm³/mol. The first-order chi connectivity index (χ1) is 13.2. The van der Waals surface area contributed by atoms with Crippen LogP contribution >= 0.6 is 11.6 Å². The molecule has 146 valence electrons. The molecular weight excluding hydrogens is 415 g/mol. The fourth-order valence-corrected chi connectivity index (χ4v) is 4.00. The zero-order valence-electron chi connectivity index (χ0n) is 14.2. The Morgan fingerprint density at radius 1 is 0.929 bits per heavy atom. The van der Waals surface area contributed by atoms with Gasteiger partial charge < -0.3 is 5.11 Å². The van der Waals surface area contributed by atoms with Crippen LogP contribution in [0.3, 0.4) is 0 Å². The lowest BCUT2D eigenvalue weighted by Gasteiger charge is -2.12. The minimum Gasteiger partial charge on any atom is -0.392 e. The molecule has 1 heterocycles. The summed E-state index contributed by atoms with van der Waals surface area (Å²) >= 11 is 5.74. The number of halogens is 4. The van der Waals surface area contributed by atoms with E-state index in [1.807, 2.05) is 0 Å². The normalized spacial score (nSPS) is 11.6. The average Bonchev–Trinajstić information content (AvgIpc) is 2.66. The van der Waals surface area contributed by atoms with Crippen molar-refractivity contribution in [1.29, 1.82) is 0 Å². The van der Waals surface area contributed by atoms with Crippen molar-refractivity contribution in [2.75, 3.05) is 0 Å². The summed E-state index contributed by atoms with van der Waals surface area (Å²) in [6, 6.07) is 8.65. The van der Waals surface area contributed by atoms with E-state index in [9.17, 15) is 26.7 Å². The molecule has 0 saturated heterocycles. The van der Waals surface area contributed by atoms with Crippen LogP contribution in [0.1, 0.15) is 16.8 Å². The van der Waals surface area contributed by atoms with Crippen LogP contribution in [-0.4, -0.2) is 18.5 Å². The van der Waals surface area contributed by atoms with E-state index in [1.54, 1.807) is 0 Å². The van der Waals surface area contributed by atoms with E-state index in [-0.39, 0.29) is 28.1 Å². The molecule has 0 radical (unpaired) electrons. The summed E-state index contributed by atoms with van der Waals surface area (Å²) in [5.41, 5.74) is -0.221. The van der Waals surface area contributed by atoms with Crippen molar-refractivity contribution in [2.24, 2.45) is 0 Å². The van der Waals surface area contributed by atoms with Crippen molar-refractivity contribution in [2.45, 2.75) is 22.9 Å². The van der Waals surface area contributed by atoms with Crippen molar-refractivity contribution in [3.63, 3.8) is 0 Å². The van der Waals surface area contributed by atoms with Gasteiger partial charge in [-0.05, 0) is 54.1 Å². The molecule has 0 aliphatic heterocycles. The maximum absolute atomic E-state index is 14.4. The zero-order chi connectivity index (χ0) is 20.5. The summed E-state index contributed by atoms with van der Waals surface area (Å²) in [7, 11) is -4.34. The van der Waals surface area contributed by atoms with Gasteiger partial charge in [-0.15, -0.1) is 0 Å².